The molecule has 0 rings (SSSR count). The quantitative estimate of drug-likeness (QED) is 0.555. The molecule has 0 heterocycles. The Morgan fingerprint density at radius 3 is 2.83 bits per heavy atom. The van der Waals surface area contributed by atoms with Gasteiger partial charge in [-0.15, -0.1) is 0 Å². The molecule has 72 valence electrons. The Hall–Kier alpha value is -0.610. The summed E-state index contributed by atoms with van der Waals surface area (Å²) in [6.45, 7) is 4.09. The maximum Gasteiger partial charge on any atom is 0.245 e. The van der Waals surface area contributed by atoms with E-state index in [2.05, 4.69) is 12.4 Å². The number of carbonyl (C=O) groups excluding carboxylic acids is 1. The molecule has 0 saturated carbocycles. The maximum atomic E-state index is 10.3. The van der Waals surface area contributed by atoms with Crippen molar-refractivity contribution >= 4 is 5.91 Å². The van der Waals surface area contributed by atoms with Crippen molar-refractivity contribution in [1.29, 1.82) is 0 Å². The third-order valence-electron chi connectivity index (χ3n) is 1.49. The molecule has 0 bridgehead atoms. The summed E-state index contributed by atoms with van der Waals surface area (Å²) in [4.78, 5) is 15.1. The minimum Gasteiger partial charge on any atom is -0.368 e. The number of unbranched alkanes of at least 4 members (excludes halogenated alkanes) is 1. The van der Waals surface area contributed by atoms with E-state index in [4.69, 9.17) is 10.6 Å². The van der Waals surface area contributed by atoms with Crippen molar-refractivity contribution in [3.63, 3.8) is 0 Å². The molecule has 3 N–H and O–H groups in total. The number of primary amides is 1. The third kappa shape index (κ3) is 7.50. The van der Waals surface area contributed by atoms with Gasteiger partial charge in [0.1, 0.15) is 6.61 Å². The molecule has 0 aliphatic rings. The van der Waals surface area contributed by atoms with Gasteiger partial charge in [0.15, 0.2) is 0 Å². The molecule has 1 unspecified atom stereocenters. The maximum absolute atomic E-state index is 10.3. The first-order valence-electron chi connectivity index (χ1n) is 4.32. The number of hydrogen-bond acceptors (Lipinski definition) is 3. The zero-order valence-corrected chi connectivity index (χ0v) is 7.80. The van der Waals surface area contributed by atoms with Crippen molar-refractivity contribution in [3.8, 4) is 0 Å². The normalized spacial score (nSPS) is 12.8. The zero-order chi connectivity index (χ0) is 9.40. The van der Waals surface area contributed by atoms with Crippen molar-refractivity contribution < 1.29 is 9.63 Å². The second kappa shape index (κ2) is 7.06. The van der Waals surface area contributed by atoms with E-state index >= 15 is 0 Å². The van der Waals surface area contributed by atoms with Gasteiger partial charge >= 0.3 is 0 Å². The van der Waals surface area contributed by atoms with Crippen LogP contribution in [-0.2, 0) is 9.63 Å². The first-order valence-corrected chi connectivity index (χ1v) is 4.32. The number of hydroxylamine groups is 1. The van der Waals surface area contributed by atoms with Crippen molar-refractivity contribution in [2.75, 3.05) is 6.61 Å². The highest BCUT2D eigenvalue weighted by atomic mass is 16.6. The van der Waals surface area contributed by atoms with Gasteiger partial charge < -0.3 is 5.73 Å². The molecule has 0 aromatic carbocycles. The first kappa shape index (κ1) is 11.4. The molecule has 12 heavy (non-hydrogen) atoms. The van der Waals surface area contributed by atoms with Crippen LogP contribution in [0.2, 0.25) is 0 Å². The number of nitrogens with two attached hydrogens (primary N) is 1. The zero-order valence-electron chi connectivity index (χ0n) is 7.80. The van der Waals surface area contributed by atoms with Crippen molar-refractivity contribution in [1.82, 2.24) is 5.48 Å². The Balaban J connectivity index is 3.19. The minimum absolute atomic E-state index is 0.0591. The van der Waals surface area contributed by atoms with Crippen LogP contribution in [0.1, 0.15) is 33.1 Å². The van der Waals surface area contributed by atoms with Crippen LogP contribution < -0.4 is 11.2 Å². The van der Waals surface area contributed by atoms with Crippen LogP contribution >= 0.6 is 0 Å². The number of carbonyl (C=O) groups is 1. The van der Waals surface area contributed by atoms with E-state index in [9.17, 15) is 4.79 Å². The second-order valence-electron chi connectivity index (χ2n) is 2.92. The van der Waals surface area contributed by atoms with E-state index < -0.39 is 5.91 Å². The largest absolute Gasteiger partial charge is 0.368 e. The van der Waals surface area contributed by atoms with Crippen LogP contribution in [0, 0.1) is 0 Å². The predicted molar refractivity (Wildman–Crippen MR) is 47.3 cm³/mol. The molecular formula is C8H18N2O2. The summed E-state index contributed by atoms with van der Waals surface area (Å²) in [5, 5.41) is 0. The third-order valence-corrected chi connectivity index (χ3v) is 1.49. The topological polar surface area (TPSA) is 64.3 Å². The van der Waals surface area contributed by atoms with Gasteiger partial charge in [-0.1, -0.05) is 19.8 Å². The number of amides is 1. The fourth-order valence-corrected chi connectivity index (χ4v) is 0.824. The molecular weight excluding hydrogens is 156 g/mol. The SMILES string of the molecule is CCCCC(C)NOCC(N)=O. The van der Waals surface area contributed by atoms with E-state index in [-0.39, 0.29) is 12.6 Å². The Morgan fingerprint density at radius 1 is 1.67 bits per heavy atom. The van der Waals surface area contributed by atoms with Gasteiger partial charge in [-0.3, -0.25) is 9.63 Å². The van der Waals surface area contributed by atoms with Gasteiger partial charge in [0.05, 0.1) is 0 Å². The van der Waals surface area contributed by atoms with E-state index in [1.54, 1.807) is 0 Å². The van der Waals surface area contributed by atoms with Crippen LogP contribution in [0.15, 0.2) is 0 Å². The molecule has 1 amide bonds. The summed E-state index contributed by atoms with van der Waals surface area (Å²) in [6.07, 6.45) is 3.38. The van der Waals surface area contributed by atoms with Gasteiger partial charge in [-0.25, -0.2) is 0 Å². The van der Waals surface area contributed by atoms with Crippen LogP contribution in [0.5, 0.6) is 0 Å². The molecule has 0 fully saturated rings. The molecule has 0 aromatic heterocycles. The van der Waals surface area contributed by atoms with E-state index in [0.29, 0.717) is 0 Å². The van der Waals surface area contributed by atoms with Crippen LogP contribution in [0.25, 0.3) is 0 Å². The second-order valence-corrected chi connectivity index (χ2v) is 2.92. The average molecular weight is 174 g/mol. The highest BCUT2D eigenvalue weighted by molar-refractivity contribution is 5.74. The predicted octanol–water partition coefficient (Wildman–Crippen LogP) is 0.572. The van der Waals surface area contributed by atoms with Crippen molar-refractivity contribution in [2.24, 2.45) is 5.73 Å². The average Bonchev–Trinajstić information content (AvgIpc) is 2.00. The molecule has 0 aliphatic heterocycles. The van der Waals surface area contributed by atoms with Crippen LogP contribution in [0.4, 0.5) is 0 Å². The molecule has 4 heteroatoms. The fourth-order valence-electron chi connectivity index (χ4n) is 0.824. The molecule has 1 atom stereocenters. The van der Waals surface area contributed by atoms with E-state index in [1.165, 1.54) is 6.42 Å². The van der Waals surface area contributed by atoms with E-state index in [1.807, 2.05) is 6.92 Å². The minimum atomic E-state index is -0.454. The highest BCUT2D eigenvalue weighted by Gasteiger charge is 2.00. The smallest absolute Gasteiger partial charge is 0.245 e. The molecule has 0 aliphatic carbocycles. The Bertz CT molecular complexity index is 128. The summed E-state index contributed by atoms with van der Waals surface area (Å²) in [6, 6.07) is 0.282. The van der Waals surface area contributed by atoms with Crippen molar-refractivity contribution in [3.05, 3.63) is 0 Å². The monoisotopic (exact) mass is 174 g/mol. The van der Waals surface area contributed by atoms with E-state index in [0.717, 1.165) is 12.8 Å². The van der Waals surface area contributed by atoms with Crippen LogP contribution in [-0.4, -0.2) is 18.6 Å². The molecule has 0 spiro atoms. The summed E-state index contributed by atoms with van der Waals surface area (Å²) in [5.74, 6) is -0.454. The standard InChI is InChI=1S/C8H18N2O2/c1-3-4-5-7(2)10-12-6-8(9)11/h7,10H,3-6H2,1-2H3,(H2,9,11). The van der Waals surface area contributed by atoms with Gasteiger partial charge in [-0.05, 0) is 13.3 Å². The lowest BCUT2D eigenvalue weighted by atomic mass is 10.2. The van der Waals surface area contributed by atoms with Gasteiger partial charge in [0, 0.05) is 6.04 Å². The first-order chi connectivity index (χ1) is 5.66. The summed E-state index contributed by atoms with van der Waals surface area (Å²) in [7, 11) is 0. The lowest BCUT2D eigenvalue weighted by Crippen LogP contribution is -2.30. The molecule has 0 saturated heterocycles. The van der Waals surface area contributed by atoms with Gasteiger partial charge in [0.2, 0.25) is 5.91 Å². The Morgan fingerprint density at radius 2 is 2.33 bits per heavy atom. The van der Waals surface area contributed by atoms with Crippen LogP contribution in [0.3, 0.4) is 0 Å². The Labute approximate surface area is 73.4 Å². The molecule has 0 radical (unpaired) electrons. The lowest BCUT2D eigenvalue weighted by Gasteiger charge is -2.11. The summed E-state index contributed by atoms with van der Waals surface area (Å²) < 4.78 is 0. The highest BCUT2D eigenvalue weighted by Crippen LogP contribution is 1.98. The summed E-state index contributed by atoms with van der Waals surface area (Å²) >= 11 is 0. The molecule has 0 aromatic rings. The van der Waals surface area contributed by atoms with Crippen molar-refractivity contribution in [2.45, 2.75) is 39.2 Å². The number of nitrogens with one attached hydrogen (secondary N) is 1. The number of hydrogen-bond donors (Lipinski definition) is 2. The lowest BCUT2D eigenvalue weighted by molar-refractivity contribution is -0.126. The van der Waals surface area contributed by atoms with Gasteiger partial charge in [0.25, 0.3) is 0 Å². The Kier molecular flexibility index (Phi) is 6.70. The fraction of sp³-hybridized carbons (Fsp3) is 0.875. The molecule has 4 nitrogen and oxygen atoms in total. The number of rotatable bonds is 7. The summed E-state index contributed by atoms with van der Waals surface area (Å²) in [5.41, 5.74) is 7.62. The van der Waals surface area contributed by atoms with Gasteiger partial charge in [-0.2, -0.15) is 5.48 Å².